The van der Waals surface area contributed by atoms with Crippen molar-refractivity contribution < 1.29 is 22.7 Å². The summed E-state index contributed by atoms with van der Waals surface area (Å²) < 4.78 is 39.2. The van der Waals surface area contributed by atoms with Crippen LogP contribution in [0.25, 0.3) is 0 Å². The number of amides is 1. The largest absolute Gasteiger partial charge is 0.477 e. The zero-order valence-corrected chi connectivity index (χ0v) is 20.7. The van der Waals surface area contributed by atoms with Crippen LogP contribution in [0.3, 0.4) is 0 Å². The second-order valence-electron chi connectivity index (χ2n) is 9.49. The fourth-order valence-electron chi connectivity index (χ4n) is 4.37. The minimum atomic E-state index is -4.21. The van der Waals surface area contributed by atoms with E-state index in [9.17, 15) is 13.2 Å². The van der Waals surface area contributed by atoms with E-state index in [-0.39, 0.29) is 22.0 Å². The van der Waals surface area contributed by atoms with Gasteiger partial charge in [0.2, 0.25) is 5.88 Å². The van der Waals surface area contributed by atoms with E-state index in [1.807, 2.05) is 0 Å². The van der Waals surface area contributed by atoms with Gasteiger partial charge in [-0.3, -0.25) is 4.79 Å². The Bertz CT molecular complexity index is 1130. The van der Waals surface area contributed by atoms with Crippen LogP contribution >= 0.6 is 0 Å². The highest BCUT2D eigenvalue weighted by Crippen LogP contribution is 2.38. The average molecular weight is 489 g/mol. The maximum Gasteiger partial charge on any atom is 0.281 e. The summed E-state index contributed by atoms with van der Waals surface area (Å²) in [5.41, 5.74) is 0.000102. The van der Waals surface area contributed by atoms with Crippen LogP contribution in [0.1, 0.15) is 50.4 Å². The molecule has 0 radical (unpaired) electrons. The molecule has 0 aromatic carbocycles. The van der Waals surface area contributed by atoms with Gasteiger partial charge in [0.1, 0.15) is 5.82 Å². The predicted molar refractivity (Wildman–Crippen MR) is 127 cm³/mol. The summed E-state index contributed by atoms with van der Waals surface area (Å²) in [5, 5.41) is -0.272. The highest BCUT2D eigenvalue weighted by molar-refractivity contribution is 7.90. The molecule has 2 saturated heterocycles. The number of pyridine rings is 2. The first-order valence-corrected chi connectivity index (χ1v) is 13.1. The lowest BCUT2D eigenvalue weighted by atomic mass is 9.90. The molecule has 1 N–H and O–H groups in total. The highest BCUT2D eigenvalue weighted by atomic mass is 32.2. The first kappa shape index (κ1) is 24.4. The second kappa shape index (κ2) is 9.87. The molecule has 2 aliphatic heterocycles. The van der Waals surface area contributed by atoms with E-state index in [1.54, 1.807) is 30.5 Å². The van der Waals surface area contributed by atoms with Gasteiger partial charge in [-0.2, -0.15) is 13.4 Å². The van der Waals surface area contributed by atoms with E-state index in [0.717, 1.165) is 25.8 Å². The number of carbonyl (C=O) groups is 1. The van der Waals surface area contributed by atoms with Gasteiger partial charge in [-0.15, -0.1) is 0 Å². The SMILES string of the molecule is CC1CCN(c2ncccc2C(=O)NS(=O)(=O)c2cccc(OCC3CCOCC3)n2)C1(C)C. The standard InChI is InChI=1S/C24H32N4O5S/c1-17-9-13-28(24(17,2)3)22-19(6-5-12-25-22)23(29)27-34(30,31)21-8-4-7-20(26-21)33-16-18-10-14-32-15-11-18/h4-8,12,17-18H,9-11,13-16H2,1-3H3,(H,27,29). The quantitative estimate of drug-likeness (QED) is 0.633. The Morgan fingerprint density at radius 2 is 1.97 bits per heavy atom. The van der Waals surface area contributed by atoms with E-state index < -0.39 is 15.9 Å². The van der Waals surface area contributed by atoms with Crippen molar-refractivity contribution in [2.75, 3.05) is 31.3 Å². The van der Waals surface area contributed by atoms with E-state index in [0.29, 0.717) is 37.5 Å². The molecular weight excluding hydrogens is 456 g/mol. The van der Waals surface area contributed by atoms with Gasteiger partial charge in [-0.1, -0.05) is 13.0 Å². The predicted octanol–water partition coefficient (Wildman–Crippen LogP) is 3.03. The molecular formula is C24H32N4O5S. The van der Waals surface area contributed by atoms with Gasteiger partial charge in [0.15, 0.2) is 5.03 Å². The highest BCUT2D eigenvalue weighted by Gasteiger charge is 2.40. The molecule has 34 heavy (non-hydrogen) atoms. The number of hydrogen-bond acceptors (Lipinski definition) is 8. The Balaban J connectivity index is 1.49. The van der Waals surface area contributed by atoms with Crippen LogP contribution < -0.4 is 14.4 Å². The molecule has 0 spiro atoms. The first-order valence-electron chi connectivity index (χ1n) is 11.7. The van der Waals surface area contributed by atoms with Gasteiger partial charge >= 0.3 is 0 Å². The molecule has 0 aliphatic carbocycles. The molecule has 4 rings (SSSR count). The minimum Gasteiger partial charge on any atom is -0.477 e. The lowest BCUT2D eigenvalue weighted by molar-refractivity contribution is 0.0489. The molecule has 2 aliphatic rings. The Labute approximate surface area is 200 Å². The van der Waals surface area contributed by atoms with Crippen molar-refractivity contribution in [2.24, 2.45) is 11.8 Å². The third-order valence-corrected chi connectivity index (χ3v) is 8.21. The monoisotopic (exact) mass is 488 g/mol. The number of aromatic nitrogens is 2. The lowest BCUT2D eigenvalue weighted by Gasteiger charge is -2.36. The number of anilines is 1. The Kier molecular flexibility index (Phi) is 7.09. The molecule has 10 heteroatoms. The fraction of sp³-hybridized carbons (Fsp3) is 0.542. The summed E-state index contributed by atoms with van der Waals surface area (Å²) in [4.78, 5) is 23.7. The van der Waals surface area contributed by atoms with Gasteiger partial charge in [0, 0.05) is 37.6 Å². The van der Waals surface area contributed by atoms with Gasteiger partial charge < -0.3 is 14.4 Å². The zero-order chi connectivity index (χ0) is 24.3. The van der Waals surface area contributed by atoms with Crippen molar-refractivity contribution in [1.82, 2.24) is 14.7 Å². The normalized spacial score (nSPS) is 20.8. The van der Waals surface area contributed by atoms with Gasteiger partial charge in [0.05, 0.1) is 12.2 Å². The van der Waals surface area contributed by atoms with Crippen molar-refractivity contribution in [1.29, 1.82) is 0 Å². The van der Waals surface area contributed by atoms with Crippen LogP contribution in [0.2, 0.25) is 0 Å². The van der Waals surface area contributed by atoms with E-state index >= 15 is 0 Å². The summed E-state index contributed by atoms with van der Waals surface area (Å²) >= 11 is 0. The third kappa shape index (κ3) is 5.17. The summed E-state index contributed by atoms with van der Waals surface area (Å²) in [6.07, 6.45) is 4.37. The Morgan fingerprint density at radius 1 is 1.21 bits per heavy atom. The van der Waals surface area contributed by atoms with Crippen molar-refractivity contribution in [3.05, 3.63) is 42.1 Å². The number of hydrogen-bond donors (Lipinski definition) is 1. The number of sulfonamides is 1. The molecule has 4 heterocycles. The molecule has 9 nitrogen and oxygen atoms in total. The van der Waals surface area contributed by atoms with Gasteiger partial charge in [0.25, 0.3) is 15.9 Å². The summed E-state index contributed by atoms with van der Waals surface area (Å²) in [5.74, 6) is 0.691. The van der Waals surface area contributed by atoms with Crippen molar-refractivity contribution in [2.45, 2.75) is 50.6 Å². The van der Waals surface area contributed by atoms with E-state index in [4.69, 9.17) is 9.47 Å². The molecule has 184 valence electrons. The van der Waals surface area contributed by atoms with Crippen LogP contribution in [0.15, 0.2) is 41.6 Å². The molecule has 0 saturated carbocycles. The van der Waals surface area contributed by atoms with E-state index in [1.165, 1.54) is 6.07 Å². The van der Waals surface area contributed by atoms with Crippen LogP contribution in [0, 0.1) is 11.8 Å². The van der Waals surface area contributed by atoms with Crippen LogP contribution in [0.4, 0.5) is 5.82 Å². The van der Waals surface area contributed by atoms with Crippen molar-refractivity contribution >= 4 is 21.7 Å². The maximum atomic E-state index is 13.1. The smallest absolute Gasteiger partial charge is 0.281 e. The maximum absolute atomic E-state index is 13.1. The molecule has 1 unspecified atom stereocenters. The Morgan fingerprint density at radius 3 is 2.68 bits per heavy atom. The number of carbonyl (C=O) groups excluding carboxylic acids is 1. The average Bonchev–Trinajstić information content (AvgIpc) is 3.10. The molecule has 2 aromatic rings. The third-order valence-electron chi connectivity index (χ3n) is 6.98. The van der Waals surface area contributed by atoms with Gasteiger partial charge in [-0.25, -0.2) is 9.71 Å². The topological polar surface area (TPSA) is 111 Å². The molecule has 1 amide bonds. The minimum absolute atomic E-state index is 0.205. The Hall–Kier alpha value is -2.72. The summed E-state index contributed by atoms with van der Waals surface area (Å²) in [6, 6.07) is 7.71. The molecule has 2 aromatic heterocycles. The van der Waals surface area contributed by atoms with Crippen molar-refractivity contribution in [3.63, 3.8) is 0 Å². The number of nitrogens with one attached hydrogen (secondary N) is 1. The van der Waals surface area contributed by atoms with E-state index in [2.05, 4.69) is 40.4 Å². The lowest BCUT2D eigenvalue weighted by Crippen LogP contribution is -2.43. The molecule has 0 bridgehead atoms. The summed E-state index contributed by atoms with van der Waals surface area (Å²) in [7, 11) is -4.21. The zero-order valence-electron chi connectivity index (χ0n) is 19.9. The number of ether oxygens (including phenoxy) is 2. The van der Waals surface area contributed by atoms with Crippen LogP contribution in [-0.4, -0.2) is 56.2 Å². The van der Waals surface area contributed by atoms with Crippen molar-refractivity contribution in [3.8, 4) is 5.88 Å². The van der Waals surface area contributed by atoms with Crippen LogP contribution in [0.5, 0.6) is 5.88 Å². The number of nitrogens with zero attached hydrogens (tertiary/aromatic N) is 3. The molecule has 2 fully saturated rings. The molecule has 1 atom stereocenters. The summed E-state index contributed by atoms with van der Waals surface area (Å²) in [6.45, 7) is 8.95. The fourth-order valence-corrected chi connectivity index (χ4v) is 5.30. The first-order chi connectivity index (χ1) is 16.2. The van der Waals surface area contributed by atoms with Gasteiger partial charge in [-0.05, 0) is 63.1 Å². The second-order valence-corrected chi connectivity index (χ2v) is 11.1. The van der Waals surface area contributed by atoms with Crippen LogP contribution in [-0.2, 0) is 14.8 Å². The number of rotatable bonds is 7.